The van der Waals surface area contributed by atoms with E-state index in [1.165, 1.54) is 6.07 Å². The maximum absolute atomic E-state index is 13.2. The Balaban J connectivity index is 2.58. The van der Waals surface area contributed by atoms with Crippen molar-refractivity contribution in [2.24, 2.45) is 12.0 Å². The Labute approximate surface area is 184 Å². The maximum atomic E-state index is 13.2. The number of aliphatic hydroxyl groups is 1. The van der Waals surface area contributed by atoms with E-state index in [4.69, 9.17) is 4.74 Å². The van der Waals surface area contributed by atoms with E-state index in [2.05, 4.69) is 37.4 Å². The summed E-state index contributed by atoms with van der Waals surface area (Å²) in [5.74, 6) is -0.193. The average molecular weight is 427 g/mol. The summed E-state index contributed by atoms with van der Waals surface area (Å²) >= 11 is 0. The van der Waals surface area contributed by atoms with Crippen LogP contribution in [0.3, 0.4) is 0 Å². The summed E-state index contributed by atoms with van der Waals surface area (Å²) in [7, 11) is 1.98. The van der Waals surface area contributed by atoms with Crippen LogP contribution < -0.4 is 10.2 Å². The molecule has 0 saturated heterocycles. The first-order valence-corrected chi connectivity index (χ1v) is 10.6. The summed E-state index contributed by atoms with van der Waals surface area (Å²) in [6.07, 6.45) is 1.99. The molecule has 2 rings (SSSR count). The average Bonchev–Trinajstić information content (AvgIpc) is 2.99. The Morgan fingerprint density at radius 3 is 2.45 bits per heavy atom. The van der Waals surface area contributed by atoms with Gasteiger partial charge in [-0.3, -0.25) is 14.2 Å². The molecule has 0 saturated carbocycles. The van der Waals surface area contributed by atoms with Crippen molar-refractivity contribution in [1.82, 2.24) is 9.36 Å². The van der Waals surface area contributed by atoms with Gasteiger partial charge in [-0.15, -0.1) is 0 Å². The molecule has 1 amide bonds. The van der Waals surface area contributed by atoms with Gasteiger partial charge >= 0.3 is 0 Å². The zero-order valence-corrected chi connectivity index (χ0v) is 19.7. The lowest BCUT2D eigenvalue weighted by Crippen LogP contribution is -2.28. The van der Waals surface area contributed by atoms with E-state index >= 15 is 0 Å². The van der Waals surface area contributed by atoms with Crippen molar-refractivity contribution < 1.29 is 14.6 Å². The summed E-state index contributed by atoms with van der Waals surface area (Å²) in [5.41, 5.74) is 1.01. The fraction of sp³-hybridized carbons (Fsp3) is 0.542. The number of carbonyl (C=O) groups is 1. The Hall–Kier alpha value is -2.85. The summed E-state index contributed by atoms with van der Waals surface area (Å²) in [6.45, 7) is 12.5. The topological polar surface area (TPSA) is 92.5 Å². The van der Waals surface area contributed by atoms with Gasteiger partial charge in [0, 0.05) is 30.8 Å². The first-order valence-electron chi connectivity index (χ1n) is 10.6. The van der Waals surface area contributed by atoms with E-state index in [1.54, 1.807) is 26.0 Å². The van der Waals surface area contributed by atoms with Crippen molar-refractivity contribution in [3.05, 3.63) is 46.6 Å². The van der Waals surface area contributed by atoms with Crippen molar-refractivity contribution in [1.29, 1.82) is 5.26 Å². The van der Waals surface area contributed by atoms with Crippen LogP contribution in [0.25, 0.3) is 0 Å². The third-order valence-electron chi connectivity index (χ3n) is 4.87. The number of unbranched alkanes of at least 4 members (excludes halogenated alkanes) is 1. The zero-order chi connectivity index (χ0) is 23.4. The van der Waals surface area contributed by atoms with Crippen LogP contribution in [0.4, 0.5) is 0 Å². The van der Waals surface area contributed by atoms with Gasteiger partial charge in [-0.2, -0.15) is 10.3 Å². The molecular formula is C24H34N4O3. The Morgan fingerprint density at radius 2 is 1.90 bits per heavy atom. The van der Waals surface area contributed by atoms with Gasteiger partial charge in [-0.1, -0.05) is 34.1 Å². The Morgan fingerprint density at radius 1 is 1.23 bits per heavy atom. The molecule has 31 heavy (non-hydrogen) atoms. The van der Waals surface area contributed by atoms with Crippen LogP contribution >= 0.6 is 0 Å². The van der Waals surface area contributed by atoms with E-state index in [0.717, 1.165) is 25.1 Å². The normalized spacial score (nSPS) is 12.7. The lowest BCUT2D eigenvalue weighted by atomic mass is 9.92. The predicted molar refractivity (Wildman–Crippen MR) is 120 cm³/mol. The monoisotopic (exact) mass is 426 g/mol. The van der Waals surface area contributed by atoms with Crippen molar-refractivity contribution in [2.45, 2.75) is 71.9 Å². The molecule has 2 aromatic rings. The SMILES string of the molecule is CCCCn1/c(=N/C(=O)c2cc(C#N)ccc2OCC(C)(C)O)cc(C(C)(C)C)n1C. The largest absolute Gasteiger partial charge is 0.490 e. The molecule has 1 aromatic carbocycles. The van der Waals surface area contributed by atoms with E-state index < -0.39 is 11.5 Å². The zero-order valence-electron chi connectivity index (χ0n) is 19.7. The number of aromatic nitrogens is 2. The Bertz CT molecular complexity index is 1040. The first-order chi connectivity index (χ1) is 14.4. The molecule has 1 heterocycles. The molecule has 0 atom stereocenters. The van der Waals surface area contributed by atoms with Crippen LogP contribution in [0, 0.1) is 11.3 Å². The Kier molecular flexibility index (Phi) is 7.50. The van der Waals surface area contributed by atoms with Crippen molar-refractivity contribution in [3.63, 3.8) is 0 Å². The number of hydrogen-bond donors (Lipinski definition) is 1. The van der Waals surface area contributed by atoms with Gasteiger partial charge in [-0.25, -0.2) is 0 Å². The molecule has 7 nitrogen and oxygen atoms in total. The van der Waals surface area contributed by atoms with Crippen molar-refractivity contribution in [2.75, 3.05) is 6.61 Å². The fourth-order valence-corrected chi connectivity index (χ4v) is 3.25. The molecule has 1 N–H and O–H groups in total. The molecule has 0 unspecified atom stereocenters. The number of amides is 1. The quantitative estimate of drug-likeness (QED) is 0.731. The molecule has 0 spiro atoms. The van der Waals surface area contributed by atoms with Crippen molar-refractivity contribution >= 4 is 5.91 Å². The van der Waals surface area contributed by atoms with Gasteiger partial charge in [0.05, 0.1) is 22.8 Å². The van der Waals surface area contributed by atoms with Crippen LogP contribution in [0.15, 0.2) is 29.3 Å². The van der Waals surface area contributed by atoms with Crippen LogP contribution in [-0.2, 0) is 19.0 Å². The number of ether oxygens (including phenoxy) is 1. The van der Waals surface area contributed by atoms with E-state index in [9.17, 15) is 15.2 Å². The number of rotatable bonds is 7. The number of benzene rings is 1. The first kappa shape index (κ1) is 24.4. The van der Waals surface area contributed by atoms with E-state index in [-0.39, 0.29) is 17.6 Å². The highest BCUT2D eigenvalue weighted by molar-refractivity contribution is 5.98. The van der Waals surface area contributed by atoms with Crippen LogP contribution in [0.5, 0.6) is 5.75 Å². The highest BCUT2D eigenvalue weighted by Crippen LogP contribution is 2.23. The fourth-order valence-electron chi connectivity index (χ4n) is 3.25. The minimum Gasteiger partial charge on any atom is -0.490 e. The third-order valence-corrected chi connectivity index (χ3v) is 4.87. The molecule has 0 bridgehead atoms. The summed E-state index contributed by atoms with van der Waals surface area (Å²) < 4.78 is 9.75. The predicted octanol–water partition coefficient (Wildman–Crippen LogP) is 3.69. The van der Waals surface area contributed by atoms with Crippen molar-refractivity contribution in [3.8, 4) is 11.8 Å². The highest BCUT2D eigenvalue weighted by atomic mass is 16.5. The standard InChI is InChI=1S/C24H34N4O3/c1-8-9-12-28-21(14-20(27(28)7)23(2,3)4)26-22(29)18-13-17(15-25)10-11-19(18)31-16-24(5,6)30/h10-11,13-14,30H,8-9,12,16H2,1-7H3/b26-21+. The van der Waals surface area contributed by atoms with Gasteiger partial charge < -0.3 is 9.84 Å². The van der Waals surface area contributed by atoms with Gasteiger partial charge in [0.1, 0.15) is 12.4 Å². The molecule has 168 valence electrons. The smallest absolute Gasteiger partial charge is 0.282 e. The van der Waals surface area contributed by atoms with Crippen LogP contribution in [0.2, 0.25) is 0 Å². The summed E-state index contributed by atoms with van der Waals surface area (Å²) in [5, 5.41) is 19.3. The summed E-state index contributed by atoms with van der Waals surface area (Å²) in [4.78, 5) is 17.6. The molecular weight excluding hydrogens is 392 g/mol. The van der Waals surface area contributed by atoms with E-state index in [1.807, 2.05) is 23.9 Å². The number of carbonyl (C=O) groups excluding carboxylic acids is 1. The number of nitrogens with zero attached hydrogens (tertiary/aromatic N) is 4. The number of nitriles is 1. The molecule has 0 aliphatic carbocycles. The minimum atomic E-state index is -1.06. The molecule has 7 heteroatoms. The lowest BCUT2D eigenvalue weighted by Gasteiger charge is -2.20. The molecule has 1 aromatic heterocycles. The highest BCUT2D eigenvalue weighted by Gasteiger charge is 2.22. The maximum Gasteiger partial charge on any atom is 0.282 e. The van der Waals surface area contributed by atoms with Crippen LogP contribution in [0.1, 0.15) is 76.0 Å². The minimum absolute atomic E-state index is 0.00912. The van der Waals surface area contributed by atoms with Gasteiger partial charge in [-0.05, 0) is 38.5 Å². The lowest BCUT2D eigenvalue weighted by molar-refractivity contribution is 0.0281. The molecule has 0 aliphatic rings. The molecule has 0 fully saturated rings. The van der Waals surface area contributed by atoms with Gasteiger partial charge in [0.15, 0.2) is 5.49 Å². The number of hydrogen-bond acceptors (Lipinski definition) is 4. The second-order valence-electron chi connectivity index (χ2n) is 9.48. The van der Waals surface area contributed by atoms with Gasteiger partial charge in [0.2, 0.25) is 0 Å². The molecule has 0 aliphatic heterocycles. The third kappa shape index (κ3) is 6.31. The van der Waals surface area contributed by atoms with Crippen LogP contribution in [-0.4, -0.2) is 32.6 Å². The second kappa shape index (κ2) is 9.52. The summed E-state index contributed by atoms with van der Waals surface area (Å²) in [6, 6.07) is 8.63. The van der Waals surface area contributed by atoms with E-state index in [0.29, 0.717) is 16.8 Å². The second-order valence-corrected chi connectivity index (χ2v) is 9.48. The molecule has 0 radical (unpaired) electrons. The van der Waals surface area contributed by atoms with Gasteiger partial charge in [0.25, 0.3) is 5.91 Å².